The molecular weight excluding hydrogens is 434 g/mol. The van der Waals surface area contributed by atoms with Crippen LogP contribution in [0.4, 0.5) is 0 Å². The van der Waals surface area contributed by atoms with Gasteiger partial charge in [0, 0.05) is 48.4 Å². The third-order valence-corrected chi connectivity index (χ3v) is 6.16. The van der Waals surface area contributed by atoms with Crippen LogP contribution in [0.2, 0.25) is 0 Å². The molecule has 0 aliphatic rings. The lowest BCUT2D eigenvalue weighted by atomic mass is 9.88. The maximum Gasteiger partial charge on any atom is 0.221 e. The summed E-state index contributed by atoms with van der Waals surface area (Å²) < 4.78 is 5.97. The minimum Gasteiger partial charge on any atom is -0.489 e. The minimum absolute atomic E-state index is 0.00139. The third kappa shape index (κ3) is 5.58. The lowest BCUT2D eigenvalue weighted by Gasteiger charge is -2.18. The first-order valence-electron chi connectivity index (χ1n) is 11.7. The van der Waals surface area contributed by atoms with Crippen molar-refractivity contribution in [2.45, 2.75) is 25.5 Å². The minimum atomic E-state index is -0.0910. The molecule has 174 valence electrons. The van der Waals surface area contributed by atoms with Gasteiger partial charge in [-0.15, -0.1) is 0 Å². The van der Waals surface area contributed by atoms with E-state index < -0.39 is 0 Å². The van der Waals surface area contributed by atoms with Crippen molar-refractivity contribution < 1.29 is 9.53 Å². The third-order valence-electron chi connectivity index (χ3n) is 6.16. The summed E-state index contributed by atoms with van der Waals surface area (Å²) in [7, 11) is 0. The molecule has 0 radical (unpaired) electrons. The van der Waals surface area contributed by atoms with Gasteiger partial charge in [0.1, 0.15) is 12.4 Å². The lowest BCUT2D eigenvalue weighted by Crippen LogP contribution is -2.25. The molecule has 0 saturated heterocycles. The van der Waals surface area contributed by atoms with E-state index in [1.54, 1.807) is 12.4 Å². The topological polar surface area (TPSA) is 67.0 Å². The molecule has 5 rings (SSSR count). The summed E-state index contributed by atoms with van der Waals surface area (Å²) in [5.41, 5.74) is 5.39. The van der Waals surface area contributed by atoms with E-state index in [1.807, 2.05) is 72.9 Å². The SMILES string of the molecule is O=C(CC(c1ccc(OCc2ccccc2)cc1)c1c[nH]c2ccccc12)NCc1ccncc1. The Hall–Kier alpha value is -4.38. The molecule has 5 nitrogen and oxygen atoms in total. The van der Waals surface area contributed by atoms with Crippen LogP contribution in [0.5, 0.6) is 5.75 Å². The zero-order valence-electron chi connectivity index (χ0n) is 19.4. The predicted octanol–water partition coefficient (Wildman–Crippen LogP) is 5.98. The zero-order valence-corrected chi connectivity index (χ0v) is 19.4. The molecule has 0 bridgehead atoms. The van der Waals surface area contributed by atoms with Gasteiger partial charge in [0.25, 0.3) is 0 Å². The van der Waals surface area contributed by atoms with E-state index >= 15 is 0 Å². The van der Waals surface area contributed by atoms with E-state index in [4.69, 9.17) is 4.74 Å². The molecule has 2 aromatic heterocycles. The number of ether oxygens (including phenoxy) is 1. The number of carbonyl (C=O) groups excluding carboxylic acids is 1. The van der Waals surface area contributed by atoms with E-state index in [1.165, 1.54) is 0 Å². The highest BCUT2D eigenvalue weighted by Crippen LogP contribution is 2.34. The van der Waals surface area contributed by atoms with Crippen molar-refractivity contribution in [3.63, 3.8) is 0 Å². The Morgan fingerprint density at radius 1 is 0.857 bits per heavy atom. The molecule has 1 atom stereocenters. The van der Waals surface area contributed by atoms with Crippen LogP contribution in [0.1, 0.15) is 34.6 Å². The van der Waals surface area contributed by atoms with Crippen LogP contribution in [0.3, 0.4) is 0 Å². The number of fused-ring (bicyclic) bond motifs is 1. The number of benzene rings is 3. The molecule has 5 heteroatoms. The number of aromatic amines is 1. The van der Waals surface area contributed by atoms with E-state index in [0.717, 1.165) is 38.9 Å². The molecule has 5 aromatic rings. The van der Waals surface area contributed by atoms with Crippen LogP contribution in [-0.4, -0.2) is 15.9 Å². The van der Waals surface area contributed by atoms with Crippen LogP contribution < -0.4 is 10.1 Å². The number of pyridine rings is 1. The first-order chi connectivity index (χ1) is 17.3. The molecule has 2 N–H and O–H groups in total. The van der Waals surface area contributed by atoms with Crippen molar-refractivity contribution in [3.05, 3.63) is 132 Å². The van der Waals surface area contributed by atoms with Gasteiger partial charge in [0.15, 0.2) is 0 Å². The number of aromatic nitrogens is 2. The molecule has 0 aliphatic heterocycles. The summed E-state index contributed by atoms with van der Waals surface area (Å²) in [5.74, 6) is 0.714. The number of amides is 1. The van der Waals surface area contributed by atoms with Crippen molar-refractivity contribution >= 4 is 16.8 Å². The van der Waals surface area contributed by atoms with Crippen molar-refractivity contribution in [2.75, 3.05) is 0 Å². The van der Waals surface area contributed by atoms with Gasteiger partial charge in [0.05, 0.1) is 0 Å². The number of para-hydroxylation sites is 1. The largest absolute Gasteiger partial charge is 0.489 e. The number of hydrogen-bond acceptors (Lipinski definition) is 3. The quantitative estimate of drug-likeness (QED) is 0.284. The molecular formula is C30H27N3O2. The number of carbonyl (C=O) groups is 1. The van der Waals surface area contributed by atoms with Crippen molar-refractivity contribution in [3.8, 4) is 5.75 Å². The fourth-order valence-corrected chi connectivity index (χ4v) is 4.29. The molecule has 1 unspecified atom stereocenters. The smallest absolute Gasteiger partial charge is 0.221 e. The van der Waals surface area contributed by atoms with Gasteiger partial charge in [-0.05, 0) is 52.6 Å². The van der Waals surface area contributed by atoms with Crippen LogP contribution in [0, 0.1) is 0 Å². The average molecular weight is 462 g/mol. The molecule has 35 heavy (non-hydrogen) atoms. The van der Waals surface area contributed by atoms with Gasteiger partial charge in [-0.25, -0.2) is 0 Å². The monoisotopic (exact) mass is 461 g/mol. The Bertz CT molecular complexity index is 1380. The van der Waals surface area contributed by atoms with E-state index in [0.29, 0.717) is 19.6 Å². The van der Waals surface area contributed by atoms with E-state index in [-0.39, 0.29) is 11.8 Å². The summed E-state index contributed by atoms with van der Waals surface area (Å²) in [6.07, 6.45) is 5.83. The number of H-pyrrole nitrogens is 1. The Labute approximate surface area is 204 Å². The van der Waals surface area contributed by atoms with Crippen molar-refractivity contribution in [1.29, 1.82) is 0 Å². The second kappa shape index (κ2) is 10.7. The second-order valence-electron chi connectivity index (χ2n) is 8.52. The molecule has 0 fully saturated rings. The number of nitrogens with one attached hydrogen (secondary N) is 2. The highest BCUT2D eigenvalue weighted by atomic mass is 16.5. The standard InChI is InChI=1S/C30H27N3O2/c34-30(33-19-22-14-16-31-17-15-22)18-27(28-20-32-29-9-5-4-8-26(28)29)24-10-12-25(13-11-24)35-21-23-6-2-1-3-7-23/h1-17,20,27,32H,18-19,21H2,(H,33,34). The first-order valence-corrected chi connectivity index (χ1v) is 11.7. The fraction of sp³-hybridized carbons (Fsp3) is 0.133. The molecule has 0 saturated carbocycles. The summed E-state index contributed by atoms with van der Waals surface area (Å²) >= 11 is 0. The van der Waals surface area contributed by atoms with Gasteiger partial charge < -0.3 is 15.0 Å². The number of rotatable bonds is 9. The summed E-state index contributed by atoms with van der Waals surface area (Å²) in [4.78, 5) is 20.4. The van der Waals surface area contributed by atoms with Crippen molar-refractivity contribution in [2.24, 2.45) is 0 Å². The Morgan fingerprint density at radius 3 is 2.40 bits per heavy atom. The van der Waals surface area contributed by atoms with E-state index in [9.17, 15) is 4.79 Å². The van der Waals surface area contributed by atoms with Gasteiger partial charge in [-0.3, -0.25) is 9.78 Å². The van der Waals surface area contributed by atoms with Gasteiger partial charge in [-0.1, -0.05) is 60.7 Å². The number of nitrogens with zero attached hydrogens (tertiary/aromatic N) is 1. The number of hydrogen-bond donors (Lipinski definition) is 2. The van der Waals surface area contributed by atoms with Gasteiger partial charge in [-0.2, -0.15) is 0 Å². The molecule has 0 aliphatic carbocycles. The predicted molar refractivity (Wildman–Crippen MR) is 138 cm³/mol. The van der Waals surface area contributed by atoms with Crippen LogP contribution in [0.15, 0.2) is 110 Å². The Balaban J connectivity index is 1.35. The molecule has 0 spiro atoms. The highest BCUT2D eigenvalue weighted by Gasteiger charge is 2.21. The fourth-order valence-electron chi connectivity index (χ4n) is 4.29. The normalized spacial score (nSPS) is 11.8. The summed E-state index contributed by atoms with van der Waals surface area (Å²) in [5, 5.41) is 4.19. The molecule has 2 heterocycles. The lowest BCUT2D eigenvalue weighted by molar-refractivity contribution is -0.121. The summed E-state index contributed by atoms with van der Waals surface area (Å²) in [6.45, 7) is 0.998. The average Bonchev–Trinajstić information content (AvgIpc) is 3.35. The van der Waals surface area contributed by atoms with Crippen LogP contribution >= 0.6 is 0 Å². The summed E-state index contributed by atoms with van der Waals surface area (Å²) in [6, 6.07) is 30.2. The van der Waals surface area contributed by atoms with Gasteiger partial charge in [0.2, 0.25) is 5.91 Å². The maximum atomic E-state index is 13.0. The first kappa shape index (κ1) is 22.4. The Kier molecular flexibility index (Phi) is 6.85. The second-order valence-corrected chi connectivity index (χ2v) is 8.52. The van der Waals surface area contributed by atoms with E-state index in [2.05, 4.69) is 39.6 Å². The zero-order chi connectivity index (χ0) is 23.9. The van der Waals surface area contributed by atoms with Crippen LogP contribution in [-0.2, 0) is 17.9 Å². The van der Waals surface area contributed by atoms with Gasteiger partial charge >= 0.3 is 0 Å². The molecule has 3 aromatic carbocycles. The maximum absolute atomic E-state index is 13.0. The highest BCUT2D eigenvalue weighted by molar-refractivity contribution is 5.86. The molecule has 1 amide bonds. The Morgan fingerprint density at radius 2 is 1.60 bits per heavy atom. The van der Waals surface area contributed by atoms with Crippen LogP contribution in [0.25, 0.3) is 10.9 Å². The van der Waals surface area contributed by atoms with Crippen molar-refractivity contribution in [1.82, 2.24) is 15.3 Å².